The zero-order valence-corrected chi connectivity index (χ0v) is 9.23. The second kappa shape index (κ2) is 6.02. The summed E-state index contributed by atoms with van der Waals surface area (Å²) in [5.41, 5.74) is 2.01. The van der Waals surface area contributed by atoms with Gasteiger partial charge in [-0.3, -0.25) is 0 Å². The molecule has 1 aromatic carbocycles. The monoisotopic (exact) mass is 198 g/mol. The molecule has 0 unspecified atom stereocenters. The first-order valence-electron chi connectivity index (χ1n) is 5.14. The molecule has 15 heavy (non-hydrogen) atoms. The van der Waals surface area contributed by atoms with Crippen molar-refractivity contribution in [1.82, 2.24) is 0 Å². The van der Waals surface area contributed by atoms with Gasteiger partial charge in [0.2, 0.25) is 7.28 Å². The molecule has 0 amide bonds. The standard InChI is InChI=1S/C13H15BO/c1-3-8-11(4-2)13(15)14-12-9-6-5-7-10-12/h3-10,14H,1-2H3/b8-3-,11-4+. The first-order valence-corrected chi connectivity index (χ1v) is 5.14. The summed E-state index contributed by atoms with van der Waals surface area (Å²) in [6.07, 6.45) is 5.59. The predicted molar refractivity (Wildman–Crippen MR) is 66.8 cm³/mol. The van der Waals surface area contributed by atoms with Gasteiger partial charge in [0.15, 0.2) is 0 Å². The van der Waals surface area contributed by atoms with Crippen LogP contribution in [0, 0.1) is 0 Å². The Balaban J connectivity index is 2.71. The van der Waals surface area contributed by atoms with Crippen LogP contribution in [0.25, 0.3) is 0 Å². The maximum Gasteiger partial charge on any atom is 0.245 e. The van der Waals surface area contributed by atoms with E-state index in [1.54, 1.807) is 0 Å². The van der Waals surface area contributed by atoms with Gasteiger partial charge < -0.3 is 4.79 Å². The van der Waals surface area contributed by atoms with Gasteiger partial charge >= 0.3 is 0 Å². The Morgan fingerprint density at radius 1 is 1.20 bits per heavy atom. The molecule has 76 valence electrons. The summed E-state index contributed by atoms with van der Waals surface area (Å²) in [5.74, 6) is 0. The molecule has 0 aliphatic carbocycles. The van der Waals surface area contributed by atoms with Crippen LogP contribution in [0.15, 0.2) is 54.1 Å². The number of rotatable bonds is 4. The van der Waals surface area contributed by atoms with Crippen LogP contribution in [0.2, 0.25) is 0 Å². The fourth-order valence-electron chi connectivity index (χ4n) is 1.41. The molecule has 0 atom stereocenters. The maximum absolute atomic E-state index is 11.8. The molecule has 1 rings (SSSR count). The summed E-state index contributed by atoms with van der Waals surface area (Å²) in [4.78, 5) is 11.8. The number of carbonyl (C=O) groups excluding carboxylic acids is 1. The van der Waals surface area contributed by atoms with Crippen LogP contribution in [0.4, 0.5) is 0 Å². The molecule has 1 aromatic rings. The van der Waals surface area contributed by atoms with Gasteiger partial charge in [0, 0.05) is 5.57 Å². The van der Waals surface area contributed by atoms with Crippen LogP contribution in [0.1, 0.15) is 13.8 Å². The molecular weight excluding hydrogens is 183 g/mol. The number of carbonyl (C=O) groups is 1. The highest BCUT2D eigenvalue weighted by atomic mass is 16.1. The quantitative estimate of drug-likeness (QED) is 0.409. The summed E-state index contributed by atoms with van der Waals surface area (Å²) in [6, 6.07) is 9.80. The zero-order chi connectivity index (χ0) is 11.1. The third-order valence-corrected chi connectivity index (χ3v) is 2.19. The third kappa shape index (κ3) is 3.58. The zero-order valence-electron chi connectivity index (χ0n) is 9.23. The SMILES string of the molecule is C/C=C\C(=C/C)C(=O)Bc1ccccc1. The van der Waals surface area contributed by atoms with Crippen molar-refractivity contribution in [2.24, 2.45) is 0 Å². The fraction of sp³-hybridized carbons (Fsp3) is 0.154. The summed E-state index contributed by atoms with van der Waals surface area (Å²) < 4.78 is 0. The summed E-state index contributed by atoms with van der Waals surface area (Å²) >= 11 is 0. The largest absolute Gasteiger partial charge is 0.306 e. The van der Waals surface area contributed by atoms with Gasteiger partial charge in [-0.05, 0) is 13.8 Å². The lowest BCUT2D eigenvalue weighted by atomic mass is 9.64. The maximum atomic E-state index is 11.8. The van der Waals surface area contributed by atoms with Crippen LogP contribution in [-0.4, -0.2) is 13.0 Å². The molecule has 2 heteroatoms. The highest BCUT2D eigenvalue weighted by Crippen LogP contribution is 1.98. The molecule has 0 saturated heterocycles. The molecule has 0 N–H and O–H groups in total. The van der Waals surface area contributed by atoms with E-state index in [9.17, 15) is 4.79 Å². The Morgan fingerprint density at radius 3 is 2.40 bits per heavy atom. The van der Waals surface area contributed by atoms with Gasteiger partial charge in [0.1, 0.15) is 5.68 Å². The molecule has 0 fully saturated rings. The fourth-order valence-corrected chi connectivity index (χ4v) is 1.41. The van der Waals surface area contributed by atoms with E-state index in [0.717, 1.165) is 11.0 Å². The predicted octanol–water partition coefficient (Wildman–Crippen LogP) is 1.80. The van der Waals surface area contributed by atoms with Crippen LogP contribution < -0.4 is 5.46 Å². The first kappa shape index (κ1) is 11.5. The minimum atomic E-state index is 0.168. The molecule has 0 saturated carbocycles. The van der Waals surface area contributed by atoms with Gasteiger partial charge in [0.25, 0.3) is 0 Å². The normalized spacial score (nSPS) is 11.7. The number of hydrogen-bond acceptors (Lipinski definition) is 1. The Hall–Kier alpha value is -1.57. The smallest absolute Gasteiger partial charge is 0.245 e. The average molecular weight is 198 g/mol. The second-order valence-corrected chi connectivity index (χ2v) is 3.33. The topological polar surface area (TPSA) is 17.1 Å². The van der Waals surface area contributed by atoms with E-state index in [0.29, 0.717) is 7.28 Å². The minimum absolute atomic E-state index is 0.168. The molecule has 0 radical (unpaired) electrons. The third-order valence-electron chi connectivity index (χ3n) is 2.19. The summed E-state index contributed by atoms with van der Waals surface area (Å²) in [5, 5.41) is 0. The highest BCUT2D eigenvalue weighted by Gasteiger charge is 2.08. The van der Waals surface area contributed by atoms with Crippen LogP contribution in [0.5, 0.6) is 0 Å². The van der Waals surface area contributed by atoms with Crippen LogP contribution >= 0.6 is 0 Å². The van der Waals surface area contributed by atoms with Crippen molar-refractivity contribution in [1.29, 1.82) is 0 Å². The van der Waals surface area contributed by atoms with Crippen molar-refractivity contribution in [3.05, 3.63) is 54.1 Å². The van der Waals surface area contributed by atoms with Crippen molar-refractivity contribution < 1.29 is 4.79 Å². The van der Waals surface area contributed by atoms with E-state index < -0.39 is 0 Å². The molecule has 0 aromatic heterocycles. The lowest BCUT2D eigenvalue weighted by molar-refractivity contribution is -0.108. The van der Waals surface area contributed by atoms with Crippen LogP contribution in [0.3, 0.4) is 0 Å². The van der Waals surface area contributed by atoms with E-state index in [1.807, 2.05) is 62.4 Å². The van der Waals surface area contributed by atoms with Gasteiger partial charge in [0.05, 0.1) is 0 Å². The number of allylic oxidation sites excluding steroid dienone is 4. The van der Waals surface area contributed by atoms with Crippen LogP contribution in [-0.2, 0) is 4.79 Å². The van der Waals surface area contributed by atoms with Gasteiger partial charge in [-0.25, -0.2) is 0 Å². The van der Waals surface area contributed by atoms with Crippen molar-refractivity contribution in [2.75, 3.05) is 0 Å². The number of benzene rings is 1. The lowest BCUT2D eigenvalue weighted by Crippen LogP contribution is -2.24. The van der Waals surface area contributed by atoms with E-state index in [2.05, 4.69) is 0 Å². The molecule has 0 bridgehead atoms. The number of hydrogen-bond donors (Lipinski definition) is 0. The Labute approximate surface area is 91.8 Å². The van der Waals surface area contributed by atoms with E-state index >= 15 is 0 Å². The Morgan fingerprint density at radius 2 is 1.87 bits per heavy atom. The lowest BCUT2D eigenvalue weighted by Gasteiger charge is -1.99. The van der Waals surface area contributed by atoms with Gasteiger partial charge in [-0.1, -0.05) is 54.0 Å². The van der Waals surface area contributed by atoms with Crippen molar-refractivity contribution >= 4 is 18.4 Å². The van der Waals surface area contributed by atoms with Crippen molar-refractivity contribution in [3.63, 3.8) is 0 Å². The highest BCUT2D eigenvalue weighted by molar-refractivity contribution is 6.87. The summed E-state index contributed by atoms with van der Waals surface area (Å²) in [6.45, 7) is 3.80. The van der Waals surface area contributed by atoms with Crippen molar-refractivity contribution in [3.8, 4) is 0 Å². The first-order chi connectivity index (χ1) is 7.27. The minimum Gasteiger partial charge on any atom is -0.306 e. The summed E-state index contributed by atoms with van der Waals surface area (Å²) in [7, 11) is 0.477. The molecule has 0 spiro atoms. The molecule has 0 heterocycles. The molecule has 0 aliphatic rings. The molecule has 1 nitrogen and oxygen atoms in total. The molecular formula is C13H15BO. The Kier molecular flexibility index (Phi) is 4.62. The van der Waals surface area contributed by atoms with E-state index in [1.165, 1.54) is 0 Å². The molecule has 0 aliphatic heterocycles. The van der Waals surface area contributed by atoms with Crippen molar-refractivity contribution in [2.45, 2.75) is 13.8 Å². The average Bonchev–Trinajstić information content (AvgIpc) is 2.27. The van der Waals surface area contributed by atoms with E-state index in [-0.39, 0.29) is 5.68 Å². The van der Waals surface area contributed by atoms with Gasteiger partial charge in [-0.15, -0.1) is 0 Å². The second-order valence-electron chi connectivity index (χ2n) is 3.33. The Bertz CT molecular complexity index is 377. The van der Waals surface area contributed by atoms with Gasteiger partial charge in [-0.2, -0.15) is 0 Å². The van der Waals surface area contributed by atoms with E-state index in [4.69, 9.17) is 0 Å².